The molecule has 0 aromatic heterocycles. The van der Waals surface area contributed by atoms with E-state index >= 15 is 0 Å². The van der Waals surface area contributed by atoms with Crippen molar-refractivity contribution in [2.45, 2.75) is 65.1 Å². The van der Waals surface area contributed by atoms with Crippen molar-refractivity contribution in [2.24, 2.45) is 5.92 Å². The smallest absolute Gasteiger partial charge is 0.161 e. The van der Waals surface area contributed by atoms with E-state index in [1.165, 1.54) is 12.0 Å². The molecular weight excluding hydrogens is 264 g/mol. The minimum Gasteiger partial charge on any atom is -0.490 e. The van der Waals surface area contributed by atoms with Gasteiger partial charge in [-0.15, -0.1) is 0 Å². The van der Waals surface area contributed by atoms with Gasteiger partial charge in [-0.3, -0.25) is 0 Å². The third kappa shape index (κ3) is 4.63. The van der Waals surface area contributed by atoms with E-state index in [4.69, 9.17) is 9.47 Å². The maximum absolute atomic E-state index is 10.1. The topological polar surface area (TPSA) is 38.7 Å². The lowest BCUT2D eigenvalue weighted by Gasteiger charge is -2.27. The number of aliphatic hydroxyl groups excluding tert-OH is 1. The Labute approximate surface area is 128 Å². The second kappa shape index (κ2) is 7.69. The van der Waals surface area contributed by atoms with Gasteiger partial charge in [0.2, 0.25) is 0 Å². The zero-order valence-corrected chi connectivity index (χ0v) is 13.5. The van der Waals surface area contributed by atoms with Crippen molar-refractivity contribution in [1.29, 1.82) is 0 Å². The van der Waals surface area contributed by atoms with E-state index in [0.717, 1.165) is 37.2 Å². The average Bonchev–Trinajstić information content (AvgIpc) is 2.44. The maximum atomic E-state index is 10.1. The number of hydrogen-bond donors (Lipinski definition) is 1. The number of aliphatic hydroxyl groups is 1. The molecule has 2 unspecified atom stereocenters. The molecule has 1 aromatic carbocycles. The van der Waals surface area contributed by atoms with Crippen LogP contribution < -0.4 is 9.47 Å². The molecule has 1 aliphatic carbocycles. The first kappa shape index (κ1) is 16.2. The van der Waals surface area contributed by atoms with E-state index in [1.54, 1.807) is 0 Å². The van der Waals surface area contributed by atoms with Crippen molar-refractivity contribution in [3.8, 4) is 11.5 Å². The highest BCUT2D eigenvalue weighted by molar-refractivity contribution is 5.43. The Bertz CT molecular complexity index is 442. The van der Waals surface area contributed by atoms with Crippen LogP contribution in [0.15, 0.2) is 18.2 Å². The quantitative estimate of drug-likeness (QED) is 0.862. The van der Waals surface area contributed by atoms with Crippen LogP contribution in [-0.2, 0) is 6.42 Å². The minimum atomic E-state index is -0.152. The fourth-order valence-electron chi connectivity index (χ4n) is 3.03. The Hall–Kier alpha value is -1.22. The highest BCUT2D eigenvalue weighted by Gasteiger charge is 2.23. The summed E-state index contributed by atoms with van der Waals surface area (Å²) in [5.74, 6) is 2.00. The molecule has 0 radical (unpaired) electrons. The highest BCUT2D eigenvalue weighted by atomic mass is 16.5. The zero-order chi connectivity index (χ0) is 15.2. The summed E-state index contributed by atoms with van der Waals surface area (Å²) in [6.07, 6.45) is 5.35. The summed E-state index contributed by atoms with van der Waals surface area (Å²) in [7, 11) is 0. The van der Waals surface area contributed by atoms with Crippen LogP contribution >= 0.6 is 0 Å². The predicted octanol–water partition coefficient (Wildman–Crippen LogP) is 3.97. The Morgan fingerprint density at radius 3 is 2.62 bits per heavy atom. The zero-order valence-electron chi connectivity index (χ0n) is 13.5. The standard InChI is InChI=1S/C18H28O3/c1-4-20-18-12-14(9-10-17(18)21-13(2)3)11-15-7-5-6-8-16(15)19/h9-10,12-13,15-16,19H,4-8,11H2,1-3H3. The van der Waals surface area contributed by atoms with Gasteiger partial charge in [-0.05, 0) is 63.6 Å². The van der Waals surface area contributed by atoms with Gasteiger partial charge in [-0.1, -0.05) is 18.9 Å². The molecule has 118 valence electrons. The third-order valence-corrected chi connectivity index (χ3v) is 4.04. The molecule has 0 bridgehead atoms. The molecule has 1 saturated carbocycles. The van der Waals surface area contributed by atoms with Crippen LogP contribution in [0.1, 0.15) is 52.0 Å². The summed E-state index contributed by atoms with van der Waals surface area (Å²) < 4.78 is 11.5. The fraction of sp³-hybridized carbons (Fsp3) is 0.667. The van der Waals surface area contributed by atoms with Crippen LogP contribution in [0.3, 0.4) is 0 Å². The Morgan fingerprint density at radius 1 is 1.19 bits per heavy atom. The molecule has 21 heavy (non-hydrogen) atoms. The molecule has 3 nitrogen and oxygen atoms in total. The van der Waals surface area contributed by atoms with Crippen LogP contribution in [0.5, 0.6) is 11.5 Å². The van der Waals surface area contributed by atoms with Gasteiger partial charge in [0.05, 0.1) is 18.8 Å². The average molecular weight is 292 g/mol. The molecule has 0 amide bonds. The van der Waals surface area contributed by atoms with Crippen molar-refractivity contribution >= 4 is 0 Å². The third-order valence-electron chi connectivity index (χ3n) is 4.04. The van der Waals surface area contributed by atoms with Gasteiger partial charge in [0.25, 0.3) is 0 Å². The number of hydrogen-bond acceptors (Lipinski definition) is 3. The monoisotopic (exact) mass is 292 g/mol. The van der Waals surface area contributed by atoms with Gasteiger partial charge in [-0.2, -0.15) is 0 Å². The van der Waals surface area contributed by atoms with Gasteiger partial charge in [-0.25, -0.2) is 0 Å². The second-order valence-electron chi connectivity index (χ2n) is 6.20. The normalized spacial score (nSPS) is 22.3. The summed E-state index contributed by atoms with van der Waals surface area (Å²) >= 11 is 0. The Balaban J connectivity index is 2.10. The first-order chi connectivity index (χ1) is 10.1. The van der Waals surface area contributed by atoms with E-state index < -0.39 is 0 Å². The summed E-state index contributed by atoms with van der Waals surface area (Å²) in [5.41, 5.74) is 1.22. The van der Waals surface area contributed by atoms with Gasteiger partial charge >= 0.3 is 0 Å². The summed E-state index contributed by atoms with van der Waals surface area (Å²) in [6, 6.07) is 6.17. The molecule has 3 heteroatoms. The van der Waals surface area contributed by atoms with Crippen molar-refractivity contribution in [2.75, 3.05) is 6.61 Å². The highest BCUT2D eigenvalue weighted by Crippen LogP contribution is 2.33. The number of rotatable bonds is 6. The molecule has 1 aliphatic rings. The molecule has 0 saturated heterocycles. The van der Waals surface area contributed by atoms with Crippen LogP contribution in [0.2, 0.25) is 0 Å². The van der Waals surface area contributed by atoms with E-state index in [1.807, 2.05) is 26.8 Å². The van der Waals surface area contributed by atoms with E-state index in [0.29, 0.717) is 12.5 Å². The van der Waals surface area contributed by atoms with Crippen molar-refractivity contribution in [3.63, 3.8) is 0 Å². The van der Waals surface area contributed by atoms with E-state index in [9.17, 15) is 5.11 Å². The molecule has 1 aromatic rings. The maximum Gasteiger partial charge on any atom is 0.161 e. The van der Waals surface area contributed by atoms with Crippen LogP contribution in [0.4, 0.5) is 0 Å². The lowest BCUT2D eigenvalue weighted by molar-refractivity contribution is 0.0700. The first-order valence-electron chi connectivity index (χ1n) is 8.20. The molecule has 2 rings (SSSR count). The molecule has 0 spiro atoms. The molecule has 1 N–H and O–H groups in total. The van der Waals surface area contributed by atoms with E-state index in [-0.39, 0.29) is 12.2 Å². The molecule has 1 fully saturated rings. The van der Waals surface area contributed by atoms with Crippen molar-refractivity contribution in [1.82, 2.24) is 0 Å². The van der Waals surface area contributed by atoms with E-state index in [2.05, 4.69) is 12.1 Å². The SMILES string of the molecule is CCOc1cc(CC2CCCCC2O)ccc1OC(C)C. The lowest BCUT2D eigenvalue weighted by atomic mass is 9.82. The minimum absolute atomic E-state index is 0.134. The van der Waals surface area contributed by atoms with Crippen LogP contribution in [-0.4, -0.2) is 23.9 Å². The second-order valence-corrected chi connectivity index (χ2v) is 6.20. The van der Waals surface area contributed by atoms with Crippen molar-refractivity contribution in [3.05, 3.63) is 23.8 Å². The Morgan fingerprint density at radius 2 is 1.95 bits per heavy atom. The molecular formula is C18H28O3. The van der Waals surface area contributed by atoms with Crippen LogP contribution in [0.25, 0.3) is 0 Å². The van der Waals surface area contributed by atoms with Crippen molar-refractivity contribution < 1.29 is 14.6 Å². The summed E-state index contributed by atoms with van der Waals surface area (Å²) in [5, 5.41) is 10.1. The molecule has 2 atom stereocenters. The number of benzene rings is 1. The largest absolute Gasteiger partial charge is 0.490 e. The summed E-state index contributed by atoms with van der Waals surface area (Å²) in [6.45, 7) is 6.64. The van der Waals surface area contributed by atoms with Gasteiger partial charge in [0.1, 0.15) is 0 Å². The number of ether oxygens (including phenoxy) is 2. The molecule has 0 heterocycles. The van der Waals surface area contributed by atoms with Crippen LogP contribution in [0, 0.1) is 5.92 Å². The van der Waals surface area contributed by atoms with Gasteiger partial charge in [0, 0.05) is 0 Å². The van der Waals surface area contributed by atoms with Gasteiger partial charge in [0.15, 0.2) is 11.5 Å². The summed E-state index contributed by atoms with van der Waals surface area (Å²) in [4.78, 5) is 0. The van der Waals surface area contributed by atoms with Gasteiger partial charge < -0.3 is 14.6 Å². The predicted molar refractivity (Wildman–Crippen MR) is 85.0 cm³/mol. The fourth-order valence-corrected chi connectivity index (χ4v) is 3.03. The first-order valence-corrected chi connectivity index (χ1v) is 8.20. The lowest BCUT2D eigenvalue weighted by Crippen LogP contribution is -2.26. The molecule has 0 aliphatic heterocycles. The Kier molecular flexibility index (Phi) is 5.92.